The third-order valence-corrected chi connectivity index (χ3v) is 4.46. The van der Waals surface area contributed by atoms with Crippen LogP contribution in [0, 0.1) is 0 Å². The van der Waals surface area contributed by atoms with Crippen LogP contribution in [0.1, 0.15) is 38.5 Å². The summed E-state index contributed by atoms with van der Waals surface area (Å²) in [5, 5.41) is 8.34. The van der Waals surface area contributed by atoms with E-state index in [1.165, 1.54) is 0 Å². The lowest BCUT2D eigenvalue weighted by atomic mass is 9.93. The molecule has 0 spiro atoms. The maximum absolute atomic E-state index is 14.6. The van der Waals surface area contributed by atoms with E-state index in [0.29, 0.717) is 24.3 Å². The molecule has 0 bridgehead atoms. The van der Waals surface area contributed by atoms with E-state index in [2.05, 4.69) is 0 Å². The quantitative estimate of drug-likeness (QED) is 0.418. The molecule has 0 aromatic heterocycles. The van der Waals surface area contributed by atoms with Crippen molar-refractivity contribution in [1.29, 1.82) is 0 Å². The first-order chi connectivity index (χ1) is 14.9. The average Bonchev–Trinajstić information content (AvgIpc) is 2.61. The van der Waals surface area contributed by atoms with Crippen LogP contribution in [0.2, 0.25) is 5.02 Å². The fraction of sp³-hybridized carbons (Fsp3) is 0.250. The third kappa shape index (κ3) is 7.11. The Balaban J connectivity index is 2.60. The van der Waals surface area contributed by atoms with Crippen molar-refractivity contribution in [3.8, 4) is 0 Å². The van der Waals surface area contributed by atoms with Gasteiger partial charge >= 0.3 is 24.5 Å². The lowest BCUT2D eigenvalue weighted by molar-refractivity contribution is -0.140. The van der Waals surface area contributed by atoms with E-state index in [9.17, 15) is 48.7 Å². The highest BCUT2D eigenvalue weighted by molar-refractivity contribution is 6.30. The van der Waals surface area contributed by atoms with Gasteiger partial charge in [-0.15, -0.1) is 0 Å². The Hall–Kier alpha value is -2.76. The van der Waals surface area contributed by atoms with Crippen molar-refractivity contribution in [2.75, 3.05) is 0 Å². The predicted octanol–water partition coefficient (Wildman–Crippen LogP) is 7.82. The predicted molar refractivity (Wildman–Crippen MR) is 97.5 cm³/mol. The summed E-state index contributed by atoms with van der Waals surface area (Å²) in [4.78, 5) is 11.0. The van der Waals surface area contributed by atoms with Crippen molar-refractivity contribution < 1.29 is 53.8 Å². The molecule has 180 valence electrons. The molecule has 0 fully saturated rings. The Labute approximate surface area is 184 Å². The first kappa shape index (κ1) is 26.5. The van der Waals surface area contributed by atoms with Gasteiger partial charge in [0.15, 0.2) is 0 Å². The van der Waals surface area contributed by atoms with Crippen LogP contribution >= 0.6 is 11.6 Å². The molecule has 0 aliphatic rings. The van der Waals surface area contributed by atoms with Crippen LogP contribution in [0.3, 0.4) is 0 Å². The van der Waals surface area contributed by atoms with Crippen molar-refractivity contribution >= 4 is 23.4 Å². The smallest absolute Gasteiger partial charge is 0.417 e. The lowest BCUT2D eigenvalue weighted by Crippen LogP contribution is -2.20. The van der Waals surface area contributed by atoms with Gasteiger partial charge in [0, 0.05) is 10.6 Å². The number of benzene rings is 2. The molecule has 0 saturated carbocycles. The highest BCUT2D eigenvalue weighted by Gasteiger charge is 2.41. The molecule has 0 aliphatic heterocycles. The van der Waals surface area contributed by atoms with Crippen LogP contribution in [-0.2, 0) is 12.6 Å². The summed E-state index contributed by atoms with van der Waals surface area (Å²) in [6, 6.07) is 2.86. The van der Waals surface area contributed by atoms with Crippen LogP contribution in [0.4, 0.5) is 43.9 Å². The number of hydrogen-bond donors (Lipinski definition) is 1. The summed E-state index contributed by atoms with van der Waals surface area (Å²) < 4.78 is 133. The summed E-state index contributed by atoms with van der Waals surface area (Å²) in [5.41, 5.74) is -5.58. The van der Waals surface area contributed by atoms with E-state index < -0.39 is 75.5 Å². The Morgan fingerprint density at radius 2 is 1.58 bits per heavy atom. The van der Waals surface area contributed by atoms with Crippen LogP contribution < -0.4 is 0 Å². The van der Waals surface area contributed by atoms with Gasteiger partial charge in [0.1, 0.15) is 11.7 Å². The fourth-order valence-electron chi connectivity index (χ4n) is 2.92. The first-order valence-electron chi connectivity index (χ1n) is 8.63. The van der Waals surface area contributed by atoms with Crippen molar-refractivity contribution in [3.63, 3.8) is 0 Å². The van der Waals surface area contributed by atoms with Gasteiger partial charge in [-0.2, -0.15) is 39.5 Å². The molecule has 0 radical (unpaired) electrons. The molecule has 0 aliphatic carbocycles. The van der Waals surface area contributed by atoms with Crippen molar-refractivity contribution in [3.05, 3.63) is 75.3 Å². The van der Waals surface area contributed by atoms with E-state index in [1.807, 2.05) is 0 Å². The number of hydrogen-bond acceptors (Lipinski definition) is 1. The number of halogens is 11. The zero-order valence-electron chi connectivity index (χ0n) is 15.8. The number of carboxylic acids is 1. The molecule has 1 atom stereocenters. The molecule has 2 rings (SSSR count). The molecule has 13 heteroatoms. The summed E-state index contributed by atoms with van der Waals surface area (Å²) in [6.07, 6.45) is -17.0. The Morgan fingerprint density at radius 3 is 2.06 bits per heavy atom. The summed E-state index contributed by atoms with van der Waals surface area (Å²) in [6.45, 7) is 0. The SMILES string of the molecule is O=C(O)c1ccc(/C(F)=C/C(c2cc(Cl)cc(CC(F)(F)F)c2)C(F)(F)F)cc1C(F)(F)F. The van der Waals surface area contributed by atoms with E-state index in [1.54, 1.807) is 0 Å². The fourth-order valence-corrected chi connectivity index (χ4v) is 3.19. The normalized spacial score (nSPS) is 14.3. The van der Waals surface area contributed by atoms with Gasteiger partial charge in [0.2, 0.25) is 0 Å². The highest BCUT2D eigenvalue weighted by Crippen LogP contribution is 2.41. The molecule has 2 aromatic carbocycles. The Morgan fingerprint density at radius 1 is 0.970 bits per heavy atom. The van der Waals surface area contributed by atoms with Crippen LogP contribution in [0.25, 0.3) is 5.83 Å². The van der Waals surface area contributed by atoms with Gasteiger partial charge in [0.25, 0.3) is 0 Å². The molecule has 0 amide bonds. The minimum Gasteiger partial charge on any atom is -0.478 e. The minimum atomic E-state index is -5.26. The summed E-state index contributed by atoms with van der Waals surface area (Å²) >= 11 is 5.61. The molecule has 2 nitrogen and oxygen atoms in total. The van der Waals surface area contributed by atoms with Crippen molar-refractivity contribution in [2.24, 2.45) is 0 Å². The average molecular weight is 509 g/mol. The number of carbonyl (C=O) groups is 1. The van der Waals surface area contributed by atoms with Gasteiger partial charge in [-0.1, -0.05) is 23.7 Å². The molecule has 1 unspecified atom stereocenters. The van der Waals surface area contributed by atoms with Crippen LogP contribution in [0.15, 0.2) is 42.5 Å². The topological polar surface area (TPSA) is 37.3 Å². The maximum Gasteiger partial charge on any atom is 0.417 e. The monoisotopic (exact) mass is 508 g/mol. The number of rotatable bonds is 5. The van der Waals surface area contributed by atoms with Gasteiger partial charge in [-0.3, -0.25) is 0 Å². The van der Waals surface area contributed by atoms with Crippen LogP contribution in [-0.4, -0.2) is 23.4 Å². The van der Waals surface area contributed by atoms with Gasteiger partial charge < -0.3 is 5.11 Å². The van der Waals surface area contributed by atoms with Gasteiger partial charge in [-0.05, 0) is 41.5 Å². The number of allylic oxidation sites excluding steroid dienone is 1. The second kappa shape index (κ2) is 9.24. The molecule has 0 saturated heterocycles. The summed E-state index contributed by atoms with van der Waals surface area (Å²) in [5.74, 6) is -6.67. The van der Waals surface area contributed by atoms with Crippen molar-refractivity contribution in [2.45, 2.75) is 30.9 Å². The minimum absolute atomic E-state index is 0.0236. The van der Waals surface area contributed by atoms with Gasteiger partial charge in [0.05, 0.1) is 17.5 Å². The van der Waals surface area contributed by atoms with Gasteiger partial charge in [-0.25, -0.2) is 9.18 Å². The molecule has 2 aromatic rings. The molecule has 1 N–H and O–H groups in total. The van der Waals surface area contributed by atoms with E-state index in [-0.39, 0.29) is 12.1 Å². The third-order valence-electron chi connectivity index (χ3n) is 4.24. The Kier molecular flexibility index (Phi) is 7.42. The van der Waals surface area contributed by atoms with Crippen molar-refractivity contribution in [1.82, 2.24) is 0 Å². The van der Waals surface area contributed by atoms with E-state index >= 15 is 0 Å². The molecule has 0 heterocycles. The number of alkyl halides is 9. The van der Waals surface area contributed by atoms with E-state index in [0.717, 1.165) is 6.07 Å². The van der Waals surface area contributed by atoms with E-state index in [4.69, 9.17) is 16.7 Å². The highest BCUT2D eigenvalue weighted by atomic mass is 35.5. The molecular formula is C20H11ClF10O2. The molecular weight excluding hydrogens is 498 g/mol. The zero-order chi connectivity index (χ0) is 25.4. The van der Waals surface area contributed by atoms with Crippen LogP contribution in [0.5, 0.6) is 0 Å². The second-order valence-corrected chi connectivity index (χ2v) is 7.22. The zero-order valence-corrected chi connectivity index (χ0v) is 16.6. The summed E-state index contributed by atoms with van der Waals surface area (Å²) in [7, 11) is 0. The number of carboxylic acid groups (broad SMARTS) is 1. The maximum atomic E-state index is 14.6. The Bertz CT molecular complexity index is 1070. The molecule has 33 heavy (non-hydrogen) atoms. The lowest BCUT2D eigenvalue weighted by Gasteiger charge is -2.19. The first-order valence-corrected chi connectivity index (χ1v) is 9.01. The largest absolute Gasteiger partial charge is 0.478 e. The standard InChI is InChI=1S/C20H11ClF10O2/c21-12-4-9(8-18(23,24)25)3-11(5-12)14(19(26,27)28)7-16(22)10-1-2-13(17(32)33)15(6-10)20(29,30)31/h1-7,14H,8H2,(H,32,33)/b16-7-. The second-order valence-electron chi connectivity index (χ2n) is 6.78. The number of aromatic carboxylic acids is 1.